The Bertz CT molecular complexity index is 2260. The number of hydrogen-bond donors (Lipinski definition) is 2. The Hall–Kier alpha value is -6.00. The first-order valence-corrected chi connectivity index (χ1v) is 21.7. The van der Waals surface area contributed by atoms with E-state index >= 15 is 0 Å². The van der Waals surface area contributed by atoms with E-state index in [9.17, 15) is 24.0 Å². The van der Waals surface area contributed by atoms with Crippen LogP contribution >= 0.6 is 23.1 Å². The number of hydrogen-bond acceptors (Lipinski definition) is 14. The molecule has 0 spiro atoms. The number of ether oxygens (including phenoxy) is 3. The van der Waals surface area contributed by atoms with Gasteiger partial charge in [0.2, 0.25) is 6.61 Å². The first kappa shape index (κ1) is 43.1. The number of cyclic esters (lactones) is 1. The van der Waals surface area contributed by atoms with E-state index in [1.54, 1.807) is 46.9 Å². The lowest BCUT2D eigenvalue weighted by Gasteiger charge is -2.50. The van der Waals surface area contributed by atoms with Crippen molar-refractivity contribution >= 4 is 63.7 Å². The van der Waals surface area contributed by atoms with Crippen LogP contribution in [0.25, 0.3) is 0 Å². The van der Waals surface area contributed by atoms with E-state index in [0.29, 0.717) is 17.1 Å². The fourth-order valence-electron chi connectivity index (χ4n) is 7.29. The van der Waals surface area contributed by atoms with Gasteiger partial charge >= 0.3 is 17.9 Å². The third-order valence-corrected chi connectivity index (χ3v) is 11.8. The Labute approximate surface area is 362 Å². The maximum Gasteiger partial charge on any atom is 0.355 e. The van der Waals surface area contributed by atoms with Gasteiger partial charge in [-0.1, -0.05) is 96.2 Å². The van der Waals surface area contributed by atoms with Crippen molar-refractivity contribution in [2.24, 2.45) is 5.16 Å². The van der Waals surface area contributed by atoms with Gasteiger partial charge in [-0.25, -0.2) is 14.6 Å². The Morgan fingerprint density at radius 3 is 1.95 bits per heavy atom. The second kappa shape index (κ2) is 17.5. The highest BCUT2D eigenvalue weighted by Gasteiger charge is 2.56. The van der Waals surface area contributed by atoms with E-state index in [4.69, 9.17) is 24.0 Å². The fraction of sp³-hybridized carbons (Fsp3) is 0.356. The van der Waals surface area contributed by atoms with Crippen LogP contribution in [0.3, 0.4) is 0 Å². The zero-order valence-electron chi connectivity index (χ0n) is 34.6. The molecule has 7 rings (SSSR count). The van der Waals surface area contributed by atoms with Crippen LogP contribution in [0.1, 0.15) is 76.8 Å². The number of nitrogens with zero attached hydrogens (tertiary/aromatic N) is 3. The van der Waals surface area contributed by atoms with E-state index in [2.05, 4.69) is 15.8 Å². The number of thioether (sulfide) groups is 1. The number of carbonyl (C=O) groups is 5. The molecule has 16 heteroatoms. The van der Waals surface area contributed by atoms with Gasteiger partial charge in [-0.2, -0.15) is 0 Å². The molecule has 2 saturated heterocycles. The average molecular weight is 866 g/mol. The molecule has 14 nitrogen and oxygen atoms in total. The highest BCUT2D eigenvalue weighted by molar-refractivity contribution is 8.00. The van der Waals surface area contributed by atoms with Gasteiger partial charge in [-0.05, 0) is 64.7 Å². The molecule has 0 unspecified atom stereocenters. The molecule has 0 saturated carbocycles. The van der Waals surface area contributed by atoms with Crippen molar-refractivity contribution in [3.8, 4) is 0 Å². The number of β-lactam (4-membered cyclic amide) rings is 1. The Morgan fingerprint density at radius 2 is 1.43 bits per heavy atom. The minimum Gasteiger partial charge on any atom is -0.458 e. The Balaban J connectivity index is 1.20. The third kappa shape index (κ3) is 9.50. The van der Waals surface area contributed by atoms with Crippen molar-refractivity contribution < 1.29 is 43.0 Å². The van der Waals surface area contributed by atoms with Crippen LogP contribution in [-0.2, 0) is 48.6 Å². The van der Waals surface area contributed by atoms with Crippen molar-refractivity contribution in [2.45, 2.75) is 88.6 Å². The van der Waals surface area contributed by atoms with Crippen LogP contribution in [-0.4, -0.2) is 86.4 Å². The number of aromatic nitrogens is 1. The molecule has 0 radical (unpaired) electrons. The van der Waals surface area contributed by atoms with Gasteiger partial charge in [0.15, 0.2) is 10.8 Å². The summed E-state index contributed by atoms with van der Waals surface area (Å²) >= 11 is 2.55. The summed E-state index contributed by atoms with van der Waals surface area (Å²) in [5.74, 6) is -2.95. The van der Waals surface area contributed by atoms with Crippen molar-refractivity contribution in [3.63, 3.8) is 0 Å². The summed E-state index contributed by atoms with van der Waals surface area (Å²) < 4.78 is 16.6. The third-order valence-electron chi connectivity index (χ3n) is 9.78. The number of fused-ring (bicyclic) bond motifs is 1. The molecule has 0 bridgehead atoms. The first-order valence-electron chi connectivity index (χ1n) is 19.8. The van der Waals surface area contributed by atoms with Gasteiger partial charge in [-0.15, -0.1) is 23.1 Å². The zero-order valence-corrected chi connectivity index (χ0v) is 36.3. The lowest BCUT2D eigenvalue weighted by atomic mass is 9.77. The van der Waals surface area contributed by atoms with Crippen molar-refractivity contribution in [2.75, 3.05) is 17.7 Å². The lowest BCUT2D eigenvalue weighted by Crippen LogP contribution is -2.71. The molecular weight excluding hydrogens is 819 g/mol. The van der Waals surface area contributed by atoms with Gasteiger partial charge in [0.25, 0.3) is 11.8 Å². The number of oxime groups is 1. The van der Waals surface area contributed by atoms with Crippen molar-refractivity contribution in [3.05, 3.63) is 130 Å². The molecule has 3 aromatic carbocycles. The quantitative estimate of drug-likeness (QED) is 0.0384. The number of thiazole rings is 1. The van der Waals surface area contributed by atoms with Crippen molar-refractivity contribution in [1.29, 1.82) is 0 Å². The highest BCUT2D eigenvalue weighted by atomic mass is 32.2. The maximum absolute atomic E-state index is 14.3. The van der Waals surface area contributed by atoms with E-state index in [0.717, 1.165) is 16.7 Å². The Kier molecular flexibility index (Phi) is 12.4. The Morgan fingerprint density at radius 1 is 0.852 bits per heavy atom. The molecule has 2 N–H and O–H groups in total. The molecule has 318 valence electrons. The second-order valence-corrected chi connectivity index (χ2v) is 18.5. The summed E-state index contributed by atoms with van der Waals surface area (Å²) in [6.07, 6.45) is -0.124. The monoisotopic (exact) mass is 865 g/mol. The minimum absolute atomic E-state index is 0.0115. The highest BCUT2D eigenvalue weighted by Crippen LogP contribution is 2.44. The molecule has 4 aromatic rings. The summed E-state index contributed by atoms with van der Waals surface area (Å²) in [4.78, 5) is 78.2. The van der Waals surface area contributed by atoms with Crippen LogP contribution < -0.4 is 10.6 Å². The number of esters is 3. The summed E-state index contributed by atoms with van der Waals surface area (Å²) in [5.41, 5.74) is 0.509. The van der Waals surface area contributed by atoms with Gasteiger partial charge in [0.05, 0.1) is 0 Å². The predicted molar refractivity (Wildman–Crippen MR) is 230 cm³/mol. The number of nitrogens with one attached hydrogen (secondary N) is 2. The topological polar surface area (TPSA) is 175 Å². The van der Waals surface area contributed by atoms with Gasteiger partial charge in [-0.3, -0.25) is 19.3 Å². The maximum atomic E-state index is 14.3. The zero-order chi connectivity index (χ0) is 43.5. The molecule has 61 heavy (non-hydrogen) atoms. The van der Waals surface area contributed by atoms with E-state index in [1.165, 1.54) is 28.0 Å². The molecule has 3 aliphatic heterocycles. The SMILES string of the molecule is CC(C)(C)OC(=O)CO/N=C(\C(=O)N[C@@H]1C(=O)N2C(C(=O)OC(C)(C)C)=C([C@@H]3CCC(=O)O3)CS[C@H]12)c1csc(NC(c2ccccc2)(c2ccccc2)c2ccccc2)n1. The predicted octanol–water partition coefficient (Wildman–Crippen LogP) is 6.31. The fourth-order valence-corrected chi connectivity index (χ4v) is 9.45. The van der Waals surface area contributed by atoms with Crippen LogP contribution in [0.2, 0.25) is 0 Å². The minimum atomic E-state index is -1.09. The molecular formula is C45H47N5O9S2. The molecule has 0 aliphatic carbocycles. The molecule has 3 atom stereocenters. The molecule has 2 amide bonds. The van der Waals surface area contributed by atoms with Gasteiger partial charge in [0.1, 0.15) is 45.7 Å². The summed E-state index contributed by atoms with van der Waals surface area (Å²) in [6.45, 7) is 9.69. The summed E-state index contributed by atoms with van der Waals surface area (Å²) in [7, 11) is 0. The smallest absolute Gasteiger partial charge is 0.355 e. The van der Waals surface area contributed by atoms with Crippen LogP contribution in [0.4, 0.5) is 5.13 Å². The lowest BCUT2D eigenvalue weighted by molar-refractivity contribution is -0.160. The largest absolute Gasteiger partial charge is 0.458 e. The van der Waals surface area contributed by atoms with Crippen LogP contribution in [0.15, 0.2) is 113 Å². The molecule has 4 heterocycles. The van der Waals surface area contributed by atoms with Gasteiger partial charge in [0, 0.05) is 23.1 Å². The number of benzene rings is 3. The normalized spacial score (nSPS) is 19.3. The van der Waals surface area contributed by atoms with E-state index < -0.39 is 64.6 Å². The molecule has 3 aliphatic rings. The standard InChI is InChI=1S/C45H47N5O9S2/c1-43(2,3)58-34(52)24-56-49-35(38(53)47-36-39(54)50-37(41(55)59-44(4,5)6)30(25-60-40(36)50)32-22-23-33(51)57-32)31-26-61-42(46-31)48-45(27-16-10-7-11-17-27,28-18-12-8-13-19-28)29-20-14-9-15-21-29/h7-21,26,32,36,40H,22-25H2,1-6H3,(H,46,48)(H,47,53)/b49-35-/t32-,36+,40+/m0/s1. The molecule has 2 fully saturated rings. The van der Waals surface area contributed by atoms with E-state index in [-0.39, 0.29) is 35.2 Å². The number of rotatable bonds is 13. The molecule has 1 aromatic heterocycles. The summed E-state index contributed by atoms with van der Waals surface area (Å²) in [5, 5.41) is 11.9. The van der Waals surface area contributed by atoms with E-state index in [1.807, 2.05) is 91.0 Å². The van der Waals surface area contributed by atoms with Crippen LogP contribution in [0.5, 0.6) is 0 Å². The number of amides is 2. The second-order valence-electron chi connectivity index (χ2n) is 16.6. The first-order chi connectivity index (χ1) is 29.0. The van der Waals surface area contributed by atoms with Gasteiger partial charge < -0.3 is 29.7 Å². The number of anilines is 1. The average Bonchev–Trinajstić information content (AvgIpc) is 3.88. The van der Waals surface area contributed by atoms with Crippen molar-refractivity contribution in [1.82, 2.24) is 15.2 Å². The number of carbonyl (C=O) groups excluding carboxylic acids is 5. The van der Waals surface area contributed by atoms with Crippen LogP contribution in [0, 0.1) is 0 Å². The summed E-state index contributed by atoms with van der Waals surface area (Å²) in [6, 6.07) is 28.7.